The van der Waals surface area contributed by atoms with Crippen LogP contribution in [-0.4, -0.2) is 21.0 Å². The molecule has 274 valence electrons. The summed E-state index contributed by atoms with van der Waals surface area (Å²) in [5.41, 5.74) is 22.5. The lowest BCUT2D eigenvalue weighted by molar-refractivity contribution is 0.660. The molecule has 13 rings (SSSR count). The molecule has 0 bridgehead atoms. The minimum Gasteiger partial charge on any atom is -0.376 e. The summed E-state index contributed by atoms with van der Waals surface area (Å²) in [7, 11) is 2.16. The number of hydrogen-bond donors (Lipinski definition) is 0. The lowest BCUT2D eigenvalue weighted by Crippen LogP contribution is -2.60. The molecular weight excluding hydrogens is 703 g/mol. The zero-order valence-corrected chi connectivity index (χ0v) is 33.2. The van der Waals surface area contributed by atoms with Gasteiger partial charge in [-0.3, -0.25) is 0 Å². The van der Waals surface area contributed by atoms with Crippen LogP contribution < -0.4 is 15.7 Å². The first-order valence-corrected chi connectivity index (χ1v) is 20.5. The van der Waals surface area contributed by atoms with Crippen LogP contribution in [0.1, 0.15) is 36.1 Å². The second-order valence-corrected chi connectivity index (χ2v) is 17.4. The van der Waals surface area contributed by atoms with Gasteiger partial charge in [-0.25, -0.2) is 4.98 Å². The summed E-state index contributed by atoms with van der Waals surface area (Å²) >= 11 is 0. The molecule has 3 aliphatic rings. The largest absolute Gasteiger partial charge is 0.376 e. The average molecular weight is 743 g/mol. The van der Waals surface area contributed by atoms with Crippen LogP contribution in [0.15, 0.2) is 146 Å². The van der Waals surface area contributed by atoms with E-state index < -0.39 is 0 Å². The number of benzene rings is 8. The van der Waals surface area contributed by atoms with Crippen molar-refractivity contribution in [3.8, 4) is 39.3 Å². The van der Waals surface area contributed by atoms with Gasteiger partial charge in [0.1, 0.15) is 5.82 Å². The molecule has 4 heterocycles. The Morgan fingerprint density at radius 1 is 0.586 bits per heavy atom. The van der Waals surface area contributed by atoms with E-state index in [2.05, 4.69) is 194 Å². The Balaban J connectivity index is 1.25. The topological polar surface area (TPSA) is 26.0 Å². The van der Waals surface area contributed by atoms with Crippen molar-refractivity contribution < 1.29 is 0 Å². The van der Waals surface area contributed by atoms with Crippen LogP contribution in [0.4, 0.5) is 11.4 Å². The smallest absolute Gasteiger partial charge is 0.333 e. The third-order valence-corrected chi connectivity index (χ3v) is 13.8. The molecule has 58 heavy (non-hydrogen) atoms. The SMILES string of the molecule is Cc1ccc(N2B3c4cc5nc(-c6ccccc6)n(C)c5cc4-n4c5ccc(C)cc5c5c6ccccc6c(c3c54)-c3cc4c(cc32)C(C)(C)c2ccccc2-4)cc1. The van der Waals surface area contributed by atoms with Crippen LogP contribution in [0.25, 0.3) is 82.9 Å². The molecule has 0 N–H and O–H groups in total. The lowest BCUT2D eigenvalue weighted by atomic mass is 9.43. The molecule has 5 heteroatoms. The number of nitrogens with zero attached hydrogens (tertiary/aromatic N) is 4. The molecule has 1 aliphatic carbocycles. The number of imidazole rings is 1. The molecule has 0 spiro atoms. The highest BCUT2D eigenvalue weighted by Gasteiger charge is 2.47. The Morgan fingerprint density at radius 2 is 1.33 bits per heavy atom. The van der Waals surface area contributed by atoms with E-state index in [1.165, 1.54) is 105 Å². The van der Waals surface area contributed by atoms with Gasteiger partial charge in [0.2, 0.25) is 0 Å². The minimum absolute atomic E-state index is 0.109. The molecule has 0 radical (unpaired) electrons. The predicted molar refractivity (Wildman–Crippen MR) is 244 cm³/mol. The van der Waals surface area contributed by atoms with Crippen molar-refractivity contribution in [2.45, 2.75) is 33.1 Å². The summed E-state index contributed by atoms with van der Waals surface area (Å²) in [6, 6.07) is 55.0. The van der Waals surface area contributed by atoms with Gasteiger partial charge in [0.05, 0.1) is 22.1 Å². The van der Waals surface area contributed by atoms with Crippen molar-refractivity contribution in [1.82, 2.24) is 14.1 Å². The quantitative estimate of drug-likeness (QED) is 0.165. The Hall–Kier alpha value is -6.85. The molecule has 0 amide bonds. The standard InChI is InChI=1S/C53H39BN4/c1-30-19-22-33(23-20-30)58-45-27-41-37(34-15-11-12-18-40(34)53(41,3)4)26-39(45)48-35-16-9-10-17-36(35)49-38-25-31(2)21-24-44(38)57-46-29-47-43(28-42(46)54(58)50(48)51(49)57)55-52(56(47)5)32-13-7-6-8-14-32/h6-29H,1-5H3. The number of aryl methyl sites for hydroxylation is 3. The summed E-state index contributed by atoms with van der Waals surface area (Å²) in [6.07, 6.45) is 0. The van der Waals surface area contributed by atoms with Crippen molar-refractivity contribution in [2.75, 3.05) is 4.81 Å². The summed E-state index contributed by atoms with van der Waals surface area (Å²) in [6.45, 7) is 9.09. The fourth-order valence-electron chi connectivity index (χ4n) is 11.1. The maximum atomic E-state index is 5.39. The first kappa shape index (κ1) is 32.3. The van der Waals surface area contributed by atoms with Gasteiger partial charge in [0.25, 0.3) is 0 Å². The number of rotatable bonds is 2. The van der Waals surface area contributed by atoms with Gasteiger partial charge in [0, 0.05) is 51.4 Å². The lowest BCUT2D eigenvalue weighted by Gasteiger charge is -2.43. The fourth-order valence-corrected chi connectivity index (χ4v) is 11.1. The maximum Gasteiger partial charge on any atom is 0.333 e. The fraction of sp³-hybridized carbons (Fsp3) is 0.113. The van der Waals surface area contributed by atoms with E-state index in [1.54, 1.807) is 0 Å². The van der Waals surface area contributed by atoms with Crippen LogP contribution in [0.2, 0.25) is 0 Å². The van der Waals surface area contributed by atoms with E-state index in [0.717, 1.165) is 22.4 Å². The van der Waals surface area contributed by atoms with E-state index in [-0.39, 0.29) is 12.3 Å². The van der Waals surface area contributed by atoms with Crippen molar-refractivity contribution in [1.29, 1.82) is 0 Å². The zero-order valence-electron chi connectivity index (χ0n) is 33.2. The highest BCUT2D eigenvalue weighted by atomic mass is 15.1. The highest BCUT2D eigenvalue weighted by molar-refractivity contribution is 6.94. The Bertz CT molecular complexity index is 3460. The maximum absolute atomic E-state index is 5.39. The first-order chi connectivity index (χ1) is 28.3. The van der Waals surface area contributed by atoms with Gasteiger partial charge in [-0.05, 0) is 112 Å². The normalized spacial score (nSPS) is 14.4. The zero-order chi connectivity index (χ0) is 38.8. The Kier molecular flexibility index (Phi) is 6.10. The minimum atomic E-state index is -0.144. The van der Waals surface area contributed by atoms with E-state index in [0.29, 0.717) is 0 Å². The van der Waals surface area contributed by atoms with Gasteiger partial charge in [-0.2, -0.15) is 0 Å². The third kappa shape index (κ3) is 3.94. The number of hydrogen-bond acceptors (Lipinski definition) is 2. The van der Waals surface area contributed by atoms with Gasteiger partial charge in [0.15, 0.2) is 0 Å². The molecule has 0 saturated carbocycles. The molecule has 0 atom stereocenters. The molecule has 8 aromatic carbocycles. The Labute approximate surface area is 337 Å². The van der Waals surface area contributed by atoms with Gasteiger partial charge >= 0.3 is 6.85 Å². The molecule has 2 aromatic heterocycles. The first-order valence-electron chi connectivity index (χ1n) is 20.5. The van der Waals surface area contributed by atoms with Crippen LogP contribution in [-0.2, 0) is 12.5 Å². The van der Waals surface area contributed by atoms with E-state index in [9.17, 15) is 0 Å². The summed E-state index contributed by atoms with van der Waals surface area (Å²) in [4.78, 5) is 8.06. The summed E-state index contributed by atoms with van der Waals surface area (Å²) in [5.74, 6) is 0.974. The van der Waals surface area contributed by atoms with Gasteiger partial charge < -0.3 is 13.9 Å². The molecule has 0 saturated heterocycles. The van der Waals surface area contributed by atoms with Crippen LogP contribution >= 0.6 is 0 Å². The number of fused-ring (bicyclic) bond motifs is 15. The van der Waals surface area contributed by atoms with Crippen molar-refractivity contribution in [3.05, 3.63) is 168 Å². The van der Waals surface area contributed by atoms with Crippen molar-refractivity contribution in [2.24, 2.45) is 7.05 Å². The molecular formula is C53H39BN4. The van der Waals surface area contributed by atoms with E-state index >= 15 is 0 Å². The summed E-state index contributed by atoms with van der Waals surface area (Å²) < 4.78 is 4.87. The van der Waals surface area contributed by atoms with Crippen molar-refractivity contribution >= 4 is 72.8 Å². The van der Waals surface area contributed by atoms with E-state index in [1.807, 2.05) is 0 Å². The molecule has 0 unspecified atom stereocenters. The Morgan fingerprint density at radius 3 is 2.16 bits per heavy atom. The van der Waals surface area contributed by atoms with Crippen LogP contribution in [0.5, 0.6) is 0 Å². The summed E-state index contributed by atoms with van der Waals surface area (Å²) in [5, 5.41) is 5.24. The van der Waals surface area contributed by atoms with E-state index in [4.69, 9.17) is 4.98 Å². The average Bonchev–Trinajstić information content (AvgIpc) is 3.84. The van der Waals surface area contributed by atoms with Crippen LogP contribution in [0.3, 0.4) is 0 Å². The second kappa shape index (κ2) is 11.0. The monoisotopic (exact) mass is 742 g/mol. The molecule has 4 nitrogen and oxygen atoms in total. The molecule has 2 aliphatic heterocycles. The molecule has 0 fully saturated rings. The number of anilines is 2. The van der Waals surface area contributed by atoms with Gasteiger partial charge in [-0.15, -0.1) is 0 Å². The molecule has 10 aromatic rings. The van der Waals surface area contributed by atoms with Crippen molar-refractivity contribution in [3.63, 3.8) is 0 Å². The highest BCUT2D eigenvalue weighted by Crippen LogP contribution is 2.55. The number of aromatic nitrogens is 3. The van der Waals surface area contributed by atoms with Gasteiger partial charge in [-0.1, -0.05) is 122 Å². The van der Waals surface area contributed by atoms with Crippen LogP contribution in [0, 0.1) is 13.8 Å². The predicted octanol–water partition coefficient (Wildman–Crippen LogP) is 11.7. The second-order valence-electron chi connectivity index (χ2n) is 17.4. The third-order valence-electron chi connectivity index (χ3n) is 13.8.